The van der Waals surface area contributed by atoms with E-state index in [1.165, 1.54) is 0 Å². The number of phenols is 1. The van der Waals surface area contributed by atoms with Crippen molar-refractivity contribution in [1.29, 1.82) is 0 Å². The van der Waals surface area contributed by atoms with Gasteiger partial charge in [-0.05, 0) is 31.2 Å². The Morgan fingerprint density at radius 2 is 1.81 bits per heavy atom. The maximum absolute atomic E-state index is 14.6. The fourth-order valence-electron chi connectivity index (χ4n) is 3.43. The summed E-state index contributed by atoms with van der Waals surface area (Å²) in [6.07, 6.45) is 5.38. The van der Waals surface area contributed by atoms with Crippen LogP contribution >= 0.6 is 0 Å². The molecule has 2 heterocycles. The van der Waals surface area contributed by atoms with Gasteiger partial charge < -0.3 is 25.6 Å². The van der Waals surface area contributed by atoms with Gasteiger partial charge in [0.05, 0.1) is 11.3 Å². The highest BCUT2D eigenvalue weighted by Crippen LogP contribution is 2.36. The Kier molecular flexibility index (Phi) is 5.29. The van der Waals surface area contributed by atoms with Gasteiger partial charge in [0.1, 0.15) is 36.4 Å². The molecule has 0 saturated heterocycles. The molecular weight excluding hydrogens is 404 g/mol. The molecule has 6 nitrogen and oxygen atoms in total. The minimum atomic E-state index is -0.990. The first-order chi connectivity index (χ1) is 14.8. The molecule has 31 heavy (non-hydrogen) atoms. The number of hydrogen-bond donors (Lipinski definition) is 3. The average Bonchev–Trinajstić information content (AvgIpc) is 2.72. The number of allylic oxidation sites excluding steroid dienone is 4. The lowest BCUT2D eigenvalue weighted by atomic mass is 10.1. The summed E-state index contributed by atoms with van der Waals surface area (Å²) in [5.74, 6) is -1.17. The second kappa shape index (κ2) is 8.06. The molecule has 0 spiro atoms. The zero-order valence-electron chi connectivity index (χ0n) is 16.8. The monoisotopic (exact) mass is 425 g/mol. The van der Waals surface area contributed by atoms with Crippen molar-refractivity contribution >= 4 is 11.4 Å². The number of ether oxygens (including phenoxy) is 2. The van der Waals surface area contributed by atoms with E-state index < -0.39 is 22.9 Å². The first-order valence-electron chi connectivity index (χ1n) is 9.54. The minimum absolute atomic E-state index is 0.197. The fraction of sp³-hybridized carbons (Fsp3) is 0.130. The van der Waals surface area contributed by atoms with Gasteiger partial charge in [0.2, 0.25) is 0 Å². The van der Waals surface area contributed by atoms with E-state index in [1.54, 1.807) is 29.2 Å². The van der Waals surface area contributed by atoms with Gasteiger partial charge in [-0.3, -0.25) is 4.90 Å². The van der Waals surface area contributed by atoms with Gasteiger partial charge in [-0.25, -0.2) is 8.78 Å². The van der Waals surface area contributed by atoms with Gasteiger partial charge in [-0.2, -0.15) is 0 Å². The van der Waals surface area contributed by atoms with E-state index in [2.05, 4.69) is 11.9 Å². The van der Waals surface area contributed by atoms with Crippen LogP contribution in [0.1, 0.15) is 12.5 Å². The van der Waals surface area contributed by atoms with Gasteiger partial charge in [-0.15, -0.1) is 0 Å². The zero-order valence-corrected chi connectivity index (χ0v) is 16.8. The molecule has 4 N–H and O–H groups in total. The van der Waals surface area contributed by atoms with E-state index in [0.717, 1.165) is 17.8 Å². The van der Waals surface area contributed by atoms with Crippen LogP contribution in [-0.2, 0) is 0 Å². The van der Waals surface area contributed by atoms with Crippen molar-refractivity contribution in [3.05, 3.63) is 89.6 Å². The Balaban J connectivity index is 1.84. The fourth-order valence-corrected chi connectivity index (χ4v) is 3.43. The third-order valence-corrected chi connectivity index (χ3v) is 4.85. The van der Waals surface area contributed by atoms with Crippen LogP contribution in [0.5, 0.6) is 17.2 Å². The summed E-state index contributed by atoms with van der Waals surface area (Å²) in [5.41, 5.74) is 7.47. The highest BCUT2D eigenvalue weighted by molar-refractivity contribution is 5.72. The minimum Gasteiger partial charge on any atom is -0.508 e. The Hall–Kier alpha value is -3.94. The molecule has 8 heteroatoms. The maximum Gasteiger partial charge on any atom is 0.163 e. The molecule has 2 aliphatic rings. The lowest BCUT2D eigenvalue weighted by Gasteiger charge is -2.32. The number of benzene rings is 2. The normalized spacial score (nSPS) is 16.0. The molecule has 0 fully saturated rings. The summed E-state index contributed by atoms with van der Waals surface area (Å²) in [5, 5.41) is 12.6. The van der Waals surface area contributed by atoms with Crippen molar-refractivity contribution in [2.45, 2.75) is 6.92 Å². The third-order valence-electron chi connectivity index (χ3n) is 4.85. The second-order valence-electron chi connectivity index (χ2n) is 7.02. The summed E-state index contributed by atoms with van der Waals surface area (Å²) in [7, 11) is 0. The number of fused-ring (bicyclic) bond motifs is 1. The molecule has 0 unspecified atom stereocenters. The number of phenolic OH excluding ortho intramolecular Hbond substituents is 1. The van der Waals surface area contributed by atoms with Crippen molar-refractivity contribution in [1.82, 2.24) is 4.90 Å². The predicted octanol–water partition coefficient (Wildman–Crippen LogP) is 4.43. The third kappa shape index (κ3) is 3.92. The van der Waals surface area contributed by atoms with Crippen LogP contribution in [0.2, 0.25) is 0 Å². The largest absolute Gasteiger partial charge is 0.508 e. The number of hydrogen-bond acceptors (Lipinski definition) is 6. The number of nitrogens with one attached hydrogen (secondary N) is 1. The van der Waals surface area contributed by atoms with Crippen LogP contribution in [0.15, 0.2) is 72.4 Å². The quantitative estimate of drug-likeness (QED) is 0.673. The Bertz CT molecular complexity index is 1130. The topological polar surface area (TPSA) is 80.0 Å². The maximum atomic E-state index is 14.6. The van der Waals surface area contributed by atoms with Gasteiger partial charge in [-0.1, -0.05) is 12.7 Å². The Morgan fingerprint density at radius 3 is 2.48 bits per heavy atom. The van der Waals surface area contributed by atoms with Crippen molar-refractivity contribution < 1.29 is 23.4 Å². The molecule has 0 aromatic heterocycles. The second-order valence-corrected chi connectivity index (χ2v) is 7.02. The van der Waals surface area contributed by atoms with E-state index in [-0.39, 0.29) is 11.5 Å². The summed E-state index contributed by atoms with van der Waals surface area (Å²) < 4.78 is 40.4. The molecule has 4 rings (SSSR count). The van der Waals surface area contributed by atoms with E-state index in [9.17, 15) is 13.9 Å². The van der Waals surface area contributed by atoms with E-state index in [0.29, 0.717) is 36.1 Å². The highest BCUT2D eigenvalue weighted by atomic mass is 19.1. The van der Waals surface area contributed by atoms with Crippen LogP contribution in [-0.4, -0.2) is 23.2 Å². The Labute approximate surface area is 178 Å². The van der Waals surface area contributed by atoms with Crippen LogP contribution in [0, 0.1) is 11.6 Å². The SMILES string of the molecule is C=C1C=CC=C(C)N1/C(Nc1ccc2c(c1)OCCO2)=C(\N)c1c(F)cc(O)cc1F. The van der Waals surface area contributed by atoms with Gasteiger partial charge in [0.25, 0.3) is 0 Å². The van der Waals surface area contributed by atoms with Gasteiger partial charge >= 0.3 is 0 Å². The number of aromatic hydroxyl groups is 1. The van der Waals surface area contributed by atoms with E-state index in [4.69, 9.17) is 15.2 Å². The number of rotatable bonds is 4. The first kappa shape index (κ1) is 20.3. The molecule has 0 aliphatic carbocycles. The molecular formula is C23H21F2N3O3. The molecule has 2 aliphatic heterocycles. The standard InChI is InChI=1S/C23H21F2N3O3/c1-13-4-3-5-14(2)28(13)23(22(26)21-17(24)11-16(29)12-18(21)25)27-15-6-7-19-20(10-15)31-9-8-30-19/h3-7,10-12,27,29H,1,8-9,26H2,2H3/b23-22-. The molecule has 0 atom stereocenters. The molecule has 0 saturated carbocycles. The molecule has 0 radical (unpaired) electrons. The summed E-state index contributed by atoms with van der Waals surface area (Å²) in [6, 6.07) is 6.81. The number of anilines is 1. The lowest BCUT2D eigenvalue weighted by molar-refractivity contribution is 0.171. The van der Waals surface area contributed by atoms with Crippen LogP contribution in [0.25, 0.3) is 5.70 Å². The van der Waals surface area contributed by atoms with E-state index >= 15 is 0 Å². The summed E-state index contributed by atoms with van der Waals surface area (Å²) in [6.45, 7) is 6.70. The number of nitrogens with zero attached hydrogens (tertiary/aromatic N) is 1. The average molecular weight is 425 g/mol. The summed E-state index contributed by atoms with van der Waals surface area (Å²) in [4.78, 5) is 1.65. The van der Waals surface area contributed by atoms with Crippen molar-refractivity contribution in [3.8, 4) is 17.2 Å². The van der Waals surface area contributed by atoms with Crippen LogP contribution in [0.4, 0.5) is 14.5 Å². The molecule has 2 aromatic rings. The molecule has 0 amide bonds. The summed E-state index contributed by atoms with van der Waals surface area (Å²) >= 11 is 0. The van der Waals surface area contributed by atoms with Crippen LogP contribution < -0.4 is 20.5 Å². The van der Waals surface area contributed by atoms with Crippen molar-refractivity contribution in [2.24, 2.45) is 5.73 Å². The first-order valence-corrected chi connectivity index (χ1v) is 9.54. The van der Waals surface area contributed by atoms with Gasteiger partial charge in [0.15, 0.2) is 11.5 Å². The number of nitrogens with two attached hydrogens (primary N) is 1. The molecule has 2 aromatic carbocycles. The molecule has 160 valence electrons. The van der Waals surface area contributed by atoms with Gasteiger partial charge in [0, 0.05) is 35.3 Å². The predicted molar refractivity (Wildman–Crippen MR) is 114 cm³/mol. The van der Waals surface area contributed by atoms with Crippen LogP contribution in [0.3, 0.4) is 0 Å². The zero-order chi connectivity index (χ0) is 22.1. The lowest BCUT2D eigenvalue weighted by Crippen LogP contribution is -2.29. The van der Waals surface area contributed by atoms with E-state index in [1.807, 2.05) is 19.1 Å². The smallest absolute Gasteiger partial charge is 0.163 e. The highest BCUT2D eigenvalue weighted by Gasteiger charge is 2.24. The Morgan fingerprint density at radius 1 is 1.13 bits per heavy atom. The molecule has 0 bridgehead atoms. The number of halogens is 2. The van der Waals surface area contributed by atoms with Crippen molar-refractivity contribution in [2.75, 3.05) is 18.5 Å². The van der Waals surface area contributed by atoms with Crippen molar-refractivity contribution in [3.63, 3.8) is 0 Å².